The fourth-order valence-corrected chi connectivity index (χ4v) is 3.47. The smallest absolute Gasteiger partial charge is 0.0895 e. The first-order valence-electron chi connectivity index (χ1n) is 6.01. The maximum atomic E-state index is 10.3. The van der Waals surface area contributed by atoms with E-state index in [2.05, 4.69) is 0 Å². The summed E-state index contributed by atoms with van der Waals surface area (Å²) in [7, 11) is 1.54. The van der Waals surface area contributed by atoms with Gasteiger partial charge in [-0.25, -0.2) is 0 Å². The molecular formula is C12H24O4S. The second-order valence-corrected chi connectivity index (χ2v) is 6.02. The number of ether oxygens (including phenoxy) is 1. The highest BCUT2D eigenvalue weighted by molar-refractivity contribution is 7.98. The van der Waals surface area contributed by atoms with E-state index in [1.165, 1.54) is 7.11 Å². The molecule has 1 aliphatic rings. The zero-order valence-electron chi connectivity index (χ0n) is 10.9. The Morgan fingerprint density at radius 1 is 1.24 bits per heavy atom. The van der Waals surface area contributed by atoms with Crippen molar-refractivity contribution in [2.45, 2.75) is 38.3 Å². The topological polar surface area (TPSA) is 69.9 Å². The minimum Gasteiger partial charge on any atom is -0.392 e. The number of methoxy groups -OCH3 is 1. The lowest BCUT2D eigenvalue weighted by atomic mass is 9.88. The van der Waals surface area contributed by atoms with Crippen LogP contribution < -0.4 is 0 Å². The van der Waals surface area contributed by atoms with E-state index in [9.17, 15) is 15.3 Å². The van der Waals surface area contributed by atoms with Crippen molar-refractivity contribution >= 4 is 11.8 Å². The molecule has 1 saturated carbocycles. The molecule has 0 spiro atoms. The molecule has 6 atom stereocenters. The predicted molar refractivity (Wildman–Crippen MR) is 69.0 cm³/mol. The van der Waals surface area contributed by atoms with Gasteiger partial charge in [-0.3, -0.25) is 0 Å². The van der Waals surface area contributed by atoms with E-state index in [-0.39, 0.29) is 11.8 Å². The quantitative estimate of drug-likeness (QED) is 0.668. The van der Waals surface area contributed by atoms with Crippen LogP contribution in [-0.4, -0.2) is 58.9 Å². The van der Waals surface area contributed by atoms with Gasteiger partial charge in [0.2, 0.25) is 0 Å². The predicted octanol–water partition coefficient (Wildman–Crippen LogP) is 0.349. The van der Waals surface area contributed by atoms with Crippen molar-refractivity contribution in [3.63, 3.8) is 0 Å². The fourth-order valence-electron chi connectivity index (χ4n) is 2.70. The standard InChI is InChI=1S/C12H24O4S/c1-6(2)9(13)8-10(14)7(5-17-4)12(16-3)11(8)15/h6-15H,5H2,1-4H3/t7?,8-,9+,10?,11?,12-/m1/s1. The number of hydrogen-bond donors (Lipinski definition) is 3. The van der Waals surface area contributed by atoms with Gasteiger partial charge < -0.3 is 20.1 Å². The average molecular weight is 264 g/mol. The summed E-state index contributed by atoms with van der Waals surface area (Å²) in [5.74, 6) is 0.0910. The molecule has 1 aliphatic carbocycles. The molecule has 0 amide bonds. The number of aliphatic hydroxyl groups excluding tert-OH is 3. The molecule has 0 aromatic carbocycles. The molecule has 0 heterocycles. The number of hydrogen-bond acceptors (Lipinski definition) is 5. The normalized spacial score (nSPS) is 39.9. The van der Waals surface area contributed by atoms with E-state index in [1.54, 1.807) is 11.8 Å². The molecule has 5 heteroatoms. The Morgan fingerprint density at radius 3 is 2.24 bits per heavy atom. The summed E-state index contributed by atoms with van der Waals surface area (Å²) < 4.78 is 5.28. The van der Waals surface area contributed by atoms with Gasteiger partial charge in [0.1, 0.15) is 0 Å². The van der Waals surface area contributed by atoms with Gasteiger partial charge in [0.05, 0.1) is 24.4 Å². The number of rotatable bonds is 5. The van der Waals surface area contributed by atoms with E-state index in [0.717, 1.165) is 5.75 Å². The molecular weight excluding hydrogens is 240 g/mol. The van der Waals surface area contributed by atoms with Gasteiger partial charge in [-0.15, -0.1) is 0 Å². The third-order valence-corrected chi connectivity index (χ3v) is 4.41. The zero-order valence-corrected chi connectivity index (χ0v) is 11.7. The van der Waals surface area contributed by atoms with Crippen molar-refractivity contribution in [3.8, 4) is 0 Å². The third-order valence-electron chi connectivity index (χ3n) is 3.69. The highest BCUT2D eigenvalue weighted by Crippen LogP contribution is 2.39. The van der Waals surface area contributed by atoms with Crippen molar-refractivity contribution in [2.24, 2.45) is 17.8 Å². The first-order valence-corrected chi connectivity index (χ1v) is 7.41. The highest BCUT2D eigenvalue weighted by atomic mass is 32.2. The van der Waals surface area contributed by atoms with Gasteiger partial charge in [-0.05, 0) is 12.2 Å². The Kier molecular flexibility index (Phi) is 5.73. The van der Waals surface area contributed by atoms with Gasteiger partial charge in [0, 0.05) is 24.7 Å². The summed E-state index contributed by atoms with van der Waals surface area (Å²) in [6.07, 6.45) is -0.650. The lowest BCUT2D eigenvalue weighted by Gasteiger charge is -2.27. The molecule has 3 N–H and O–H groups in total. The van der Waals surface area contributed by atoms with Crippen LogP contribution in [0.15, 0.2) is 0 Å². The van der Waals surface area contributed by atoms with Crippen molar-refractivity contribution in [2.75, 3.05) is 19.1 Å². The van der Waals surface area contributed by atoms with Crippen molar-refractivity contribution in [1.29, 1.82) is 0 Å². The lowest BCUT2D eigenvalue weighted by Crippen LogP contribution is -2.40. The van der Waals surface area contributed by atoms with Gasteiger partial charge >= 0.3 is 0 Å². The maximum Gasteiger partial charge on any atom is 0.0895 e. The summed E-state index contributed by atoms with van der Waals surface area (Å²) in [5.41, 5.74) is 0. The Hall–Kier alpha value is 0.190. The Morgan fingerprint density at radius 2 is 1.82 bits per heavy atom. The lowest BCUT2D eigenvalue weighted by molar-refractivity contribution is -0.0640. The van der Waals surface area contributed by atoms with E-state index in [0.29, 0.717) is 0 Å². The van der Waals surface area contributed by atoms with Crippen LogP contribution in [0.25, 0.3) is 0 Å². The van der Waals surface area contributed by atoms with Crippen LogP contribution in [-0.2, 0) is 4.74 Å². The Labute approximate surface area is 107 Å². The first kappa shape index (κ1) is 15.2. The van der Waals surface area contributed by atoms with E-state index in [1.807, 2.05) is 20.1 Å². The molecule has 17 heavy (non-hydrogen) atoms. The molecule has 1 rings (SSSR count). The summed E-state index contributed by atoms with van der Waals surface area (Å²) in [4.78, 5) is 0. The molecule has 1 fully saturated rings. The molecule has 0 bridgehead atoms. The van der Waals surface area contributed by atoms with Crippen LogP contribution in [0.1, 0.15) is 13.8 Å². The second kappa shape index (κ2) is 6.38. The molecule has 0 radical (unpaired) electrons. The van der Waals surface area contributed by atoms with Gasteiger partial charge in [-0.2, -0.15) is 11.8 Å². The largest absolute Gasteiger partial charge is 0.392 e. The van der Waals surface area contributed by atoms with E-state index < -0.39 is 30.3 Å². The van der Waals surface area contributed by atoms with Crippen LogP contribution in [0.5, 0.6) is 0 Å². The van der Waals surface area contributed by atoms with Crippen LogP contribution >= 0.6 is 11.8 Å². The van der Waals surface area contributed by atoms with Crippen LogP contribution in [0.4, 0.5) is 0 Å². The average Bonchev–Trinajstić information content (AvgIpc) is 2.50. The van der Waals surface area contributed by atoms with Gasteiger partial charge in [-0.1, -0.05) is 13.8 Å². The molecule has 0 aromatic heterocycles. The summed E-state index contributed by atoms with van der Waals surface area (Å²) >= 11 is 1.61. The minimum atomic E-state index is -0.801. The van der Waals surface area contributed by atoms with Gasteiger partial charge in [0.15, 0.2) is 0 Å². The molecule has 4 nitrogen and oxygen atoms in total. The molecule has 0 aliphatic heterocycles. The summed E-state index contributed by atoms with van der Waals surface area (Å²) in [6, 6.07) is 0. The second-order valence-electron chi connectivity index (χ2n) is 5.11. The Balaban J connectivity index is 2.86. The summed E-state index contributed by atoms with van der Waals surface area (Å²) in [5, 5.41) is 30.5. The third kappa shape index (κ3) is 2.96. The Bertz CT molecular complexity index is 237. The first-order chi connectivity index (χ1) is 7.95. The zero-order chi connectivity index (χ0) is 13.2. The van der Waals surface area contributed by atoms with Crippen LogP contribution in [0.2, 0.25) is 0 Å². The highest BCUT2D eigenvalue weighted by Gasteiger charge is 2.52. The van der Waals surface area contributed by atoms with Crippen LogP contribution in [0, 0.1) is 17.8 Å². The SMILES string of the molecule is CO[C@@H]1C(CSC)C(O)[C@@H]([C@@H](O)C(C)C)C1O. The maximum absolute atomic E-state index is 10.3. The van der Waals surface area contributed by atoms with Crippen molar-refractivity contribution < 1.29 is 20.1 Å². The molecule has 0 aromatic rings. The monoisotopic (exact) mass is 264 g/mol. The number of aliphatic hydroxyl groups is 3. The number of thioether (sulfide) groups is 1. The molecule has 0 saturated heterocycles. The van der Waals surface area contributed by atoms with E-state index in [4.69, 9.17) is 4.74 Å². The molecule has 3 unspecified atom stereocenters. The van der Waals surface area contributed by atoms with Crippen molar-refractivity contribution in [1.82, 2.24) is 0 Å². The summed E-state index contributed by atoms with van der Waals surface area (Å²) in [6.45, 7) is 3.77. The fraction of sp³-hybridized carbons (Fsp3) is 1.00. The van der Waals surface area contributed by atoms with Crippen LogP contribution in [0.3, 0.4) is 0 Å². The van der Waals surface area contributed by atoms with E-state index >= 15 is 0 Å². The molecule has 102 valence electrons. The van der Waals surface area contributed by atoms with Crippen molar-refractivity contribution in [3.05, 3.63) is 0 Å². The minimum absolute atomic E-state index is 0.00911. The van der Waals surface area contributed by atoms with Gasteiger partial charge in [0.25, 0.3) is 0 Å².